The van der Waals surface area contributed by atoms with E-state index in [0.29, 0.717) is 13.0 Å². The molecule has 1 atom stereocenters. The molecular weight excluding hydrogens is 418 g/mol. The molecular formula is C20H22ClNO6S. The molecule has 0 N–H and O–H groups in total. The van der Waals surface area contributed by atoms with Crippen LogP contribution in [0.1, 0.15) is 41.7 Å². The minimum atomic E-state index is -4.03. The topological polar surface area (TPSA) is 91.7 Å². The molecule has 2 heterocycles. The maximum absolute atomic E-state index is 12.9. The highest BCUT2D eigenvalue weighted by molar-refractivity contribution is 7.90. The lowest BCUT2D eigenvalue weighted by atomic mass is 10.1. The molecule has 2 aromatic rings. The van der Waals surface area contributed by atoms with Crippen LogP contribution in [-0.2, 0) is 24.3 Å². The van der Waals surface area contributed by atoms with Crippen molar-refractivity contribution in [1.29, 1.82) is 0 Å². The summed E-state index contributed by atoms with van der Waals surface area (Å²) in [7, 11) is -4.03. The molecule has 1 saturated heterocycles. The molecule has 3 rings (SSSR count). The number of nitrogens with zero attached hydrogens (tertiary/aromatic N) is 1. The first-order chi connectivity index (χ1) is 13.8. The van der Waals surface area contributed by atoms with Crippen molar-refractivity contribution in [3.8, 4) is 0 Å². The standard InChI is InChI=1S/C20H22ClNO6S/c1-14-5-7-16(8-6-14)29(25,26)22-10-9-17(21)20(22)18(24)12-15(23)13-28-19-4-2-3-11-27-19/h5-10,19H,2-4,11-13H2,1H3. The third-order valence-corrected chi connectivity index (χ3v) is 6.57. The Morgan fingerprint density at radius 2 is 1.93 bits per heavy atom. The second-order valence-corrected chi connectivity index (χ2v) is 9.09. The maximum atomic E-state index is 12.9. The SMILES string of the molecule is Cc1ccc(S(=O)(=O)n2ccc(Cl)c2C(=O)CC(=O)COC2CCCCO2)cc1. The van der Waals surface area contributed by atoms with Crippen LogP contribution >= 0.6 is 11.6 Å². The van der Waals surface area contributed by atoms with Crippen LogP contribution in [0.4, 0.5) is 0 Å². The molecule has 1 aliphatic rings. The number of hydrogen-bond acceptors (Lipinski definition) is 6. The Labute approximate surface area is 174 Å². The van der Waals surface area contributed by atoms with Gasteiger partial charge in [-0.1, -0.05) is 29.3 Å². The molecule has 9 heteroatoms. The predicted molar refractivity (Wildman–Crippen MR) is 107 cm³/mol. The fourth-order valence-corrected chi connectivity index (χ4v) is 4.69. The molecule has 1 aliphatic heterocycles. The van der Waals surface area contributed by atoms with Crippen LogP contribution in [0, 0.1) is 6.92 Å². The minimum Gasteiger partial charge on any atom is -0.353 e. The summed E-state index contributed by atoms with van der Waals surface area (Å²) in [5.41, 5.74) is 0.660. The largest absolute Gasteiger partial charge is 0.353 e. The normalized spacial score (nSPS) is 17.2. The van der Waals surface area contributed by atoms with E-state index in [1.54, 1.807) is 12.1 Å². The molecule has 1 aromatic carbocycles. The van der Waals surface area contributed by atoms with Gasteiger partial charge in [-0.05, 0) is 44.4 Å². The van der Waals surface area contributed by atoms with Crippen LogP contribution in [0.3, 0.4) is 0 Å². The molecule has 0 radical (unpaired) electrons. The number of halogens is 1. The van der Waals surface area contributed by atoms with Crippen molar-refractivity contribution >= 4 is 33.2 Å². The molecule has 156 valence electrons. The van der Waals surface area contributed by atoms with Crippen molar-refractivity contribution in [2.45, 2.75) is 43.8 Å². The van der Waals surface area contributed by atoms with Gasteiger partial charge in [-0.25, -0.2) is 12.4 Å². The summed E-state index contributed by atoms with van der Waals surface area (Å²) in [6.45, 7) is 2.14. The van der Waals surface area contributed by atoms with Crippen molar-refractivity contribution < 1.29 is 27.5 Å². The van der Waals surface area contributed by atoms with E-state index in [2.05, 4.69) is 0 Å². The quantitative estimate of drug-likeness (QED) is 0.462. The fraction of sp³-hybridized carbons (Fsp3) is 0.400. The van der Waals surface area contributed by atoms with Crippen LogP contribution in [0.25, 0.3) is 0 Å². The summed E-state index contributed by atoms with van der Waals surface area (Å²) in [6, 6.07) is 7.55. The first-order valence-corrected chi connectivity index (χ1v) is 11.1. The summed E-state index contributed by atoms with van der Waals surface area (Å²) in [6.07, 6.45) is 2.86. The number of aromatic nitrogens is 1. The van der Waals surface area contributed by atoms with Gasteiger partial charge in [-0.3, -0.25) is 9.59 Å². The molecule has 1 aromatic heterocycles. The minimum absolute atomic E-state index is 0.0218. The van der Waals surface area contributed by atoms with Crippen LogP contribution in [0.15, 0.2) is 41.4 Å². The lowest BCUT2D eigenvalue weighted by Crippen LogP contribution is -2.26. The van der Waals surface area contributed by atoms with Crippen molar-refractivity contribution in [1.82, 2.24) is 3.97 Å². The highest BCUT2D eigenvalue weighted by Gasteiger charge is 2.27. The molecule has 7 nitrogen and oxygen atoms in total. The number of carbonyl (C=O) groups is 2. The fourth-order valence-electron chi connectivity index (χ4n) is 3.01. The zero-order valence-corrected chi connectivity index (χ0v) is 17.5. The van der Waals surface area contributed by atoms with Crippen molar-refractivity contribution in [3.63, 3.8) is 0 Å². The summed E-state index contributed by atoms with van der Waals surface area (Å²) in [5.74, 6) is -1.16. The molecule has 29 heavy (non-hydrogen) atoms. The number of rotatable bonds is 8. The Hall–Kier alpha value is -2.00. The van der Waals surface area contributed by atoms with E-state index in [1.807, 2.05) is 6.92 Å². The number of Topliss-reactive ketones (excluding diaryl/α,β-unsaturated/α-hetero) is 2. The van der Waals surface area contributed by atoms with E-state index in [1.165, 1.54) is 24.4 Å². The number of hydrogen-bond donors (Lipinski definition) is 0. The lowest BCUT2D eigenvalue weighted by Gasteiger charge is -2.22. The molecule has 0 amide bonds. The van der Waals surface area contributed by atoms with E-state index in [4.69, 9.17) is 21.1 Å². The van der Waals surface area contributed by atoms with E-state index in [9.17, 15) is 18.0 Å². The van der Waals surface area contributed by atoms with Gasteiger partial charge in [0.05, 0.1) is 16.3 Å². The van der Waals surface area contributed by atoms with Crippen molar-refractivity contribution in [2.24, 2.45) is 0 Å². The van der Waals surface area contributed by atoms with Gasteiger partial charge in [0.1, 0.15) is 12.3 Å². The average molecular weight is 440 g/mol. The zero-order chi connectivity index (χ0) is 21.0. The number of ketones is 2. The van der Waals surface area contributed by atoms with E-state index in [-0.39, 0.29) is 22.2 Å². The predicted octanol–water partition coefficient (Wildman–Crippen LogP) is 3.37. The Balaban J connectivity index is 1.73. The van der Waals surface area contributed by atoms with Crippen molar-refractivity contribution in [2.75, 3.05) is 13.2 Å². The first kappa shape index (κ1) is 21.7. The summed E-state index contributed by atoms with van der Waals surface area (Å²) in [5, 5.41) is -0.0324. The van der Waals surface area contributed by atoms with Crippen LogP contribution in [0.2, 0.25) is 5.02 Å². The molecule has 0 bridgehead atoms. The Morgan fingerprint density at radius 3 is 2.59 bits per heavy atom. The van der Waals surface area contributed by atoms with E-state index < -0.39 is 34.3 Å². The number of aryl methyl sites for hydroxylation is 1. The third-order valence-electron chi connectivity index (χ3n) is 4.57. The summed E-state index contributed by atoms with van der Waals surface area (Å²) < 4.78 is 37.4. The monoisotopic (exact) mass is 439 g/mol. The lowest BCUT2D eigenvalue weighted by molar-refractivity contribution is -0.168. The molecule has 1 fully saturated rings. The van der Waals surface area contributed by atoms with Crippen LogP contribution < -0.4 is 0 Å². The number of carbonyl (C=O) groups excluding carboxylic acids is 2. The van der Waals surface area contributed by atoms with Crippen molar-refractivity contribution in [3.05, 3.63) is 52.8 Å². The molecule has 0 spiro atoms. The summed E-state index contributed by atoms with van der Waals surface area (Å²) >= 11 is 6.07. The average Bonchev–Trinajstić information content (AvgIpc) is 3.10. The smallest absolute Gasteiger partial charge is 0.268 e. The van der Waals surface area contributed by atoms with Gasteiger partial charge < -0.3 is 9.47 Å². The zero-order valence-electron chi connectivity index (χ0n) is 16.0. The van der Waals surface area contributed by atoms with E-state index in [0.717, 1.165) is 22.4 Å². The van der Waals surface area contributed by atoms with Gasteiger partial charge in [0.15, 0.2) is 17.9 Å². The molecule has 0 saturated carbocycles. The van der Waals surface area contributed by atoms with E-state index >= 15 is 0 Å². The van der Waals surface area contributed by atoms with Gasteiger partial charge in [0, 0.05) is 12.8 Å². The Morgan fingerprint density at radius 1 is 1.21 bits per heavy atom. The highest BCUT2D eigenvalue weighted by Crippen LogP contribution is 2.25. The first-order valence-electron chi connectivity index (χ1n) is 9.26. The molecule has 1 unspecified atom stereocenters. The third kappa shape index (κ3) is 5.14. The van der Waals surface area contributed by atoms with Crippen LogP contribution in [0.5, 0.6) is 0 Å². The Kier molecular flexibility index (Phi) is 6.89. The second kappa shape index (κ2) is 9.21. The Bertz CT molecular complexity index is 990. The van der Waals surface area contributed by atoms with Gasteiger partial charge in [-0.2, -0.15) is 0 Å². The van der Waals surface area contributed by atoms with Gasteiger partial charge in [0.2, 0.25) is 0 Å². The summed E-state index contributed by atoms with van der Waals surface area (Å²) in [4.78, 5) is 24.9. The van der Waals surface area contributed by atoms with Gasteiger partial charge in [0.25, 0.3) is 10.0 Å². The second-order valence-electron chi connectivity index (χ2n) is 6.87. The maximum Gasteiger partial charge on any atom is 0.268 e. The molecule has 0 aliphatic carbocycles. The van der Waals surface area contributed by atoms with Gasteiger partial charge in [-0.15, -0.1) is 0 Å². The highest BCUT2D eigenvalue weighted by atomic mass is 35.5. The number of ether oxygens (including phenoxy) is 2. The van der Waals surface area contributed by atoms with Crippen LogP contribution in [-0.4, -0.2) is 43.5 Å². The van der Waals surface area contributed by atoms with Gasteiger partial charge >= 0.3 is 0 Å². The number of benzene rings is 1.